The molecule has 0 saturated carbocycles. The van der Waals surface area contributed by atoms with Crippen LogP contribution in [0.25, 0.3) is 0 Å². The largest absolute Gasteiger partial charge is 0.490 e. The van der Waals surface area contributed by atoms with Crippen LogP contribution in [0.1, 0.15) is 30.5 Å². The van der Waals surface area contributed by atoms with Crippen molar-refractivity contribution < 1.29 is 28.9 Å². The van der Waals surface area contributed by atoms with Crippen LogP contribution in [0.15, 0.2) is 82.4 Å². The number of ether oxygens (including phenoxy) is 3. The van der Waals surface area contributed by atoms with Crippen molar-refractivity contribution in [2.75, 3.05) is 19.8 Å². The third-order valence-corrected chi connectivity index (χ3v) is 5.78. The Balaban J connectivity index is 1.82. The summed E-state index contributed by atoms with van der Waals surface area (Å²) in [5.74, 6) is -0.469. The number of carbonyl (C=O) groups is 2. The number of amides is 1. The molecular formula is C27H27BrN2O6. The first-order valence-electron chi connectivity index (χ1n) is 11.3. The molecular weight excluding hydrogens is 528 g/mol. The molecule has 0 unspecified atom stereocenters. The molecule has 0 aromatic heterocycles. The van der Waals surface area contributed by atoms with E-state index in [0.29, 0.717) is 39.3 Å². The zero-order chi connectivity index (χ0) is 26.0. The second kappa shape index (κ2) is 12.9. The van der Waals surface area contributed by atoms with Crippen molar-refractivity contribution in [3.63, 3.8) is 0 Å². The molecule has 8 nitrogen and oxygen atoms in total. The summed E-state index contributed by atoms with van der Waals surface area (Å²) >= 11 is 3.45. The maximum atomic E-state index is 13.2. The van der Waals surface area contributed by atoms with Crippen molar-refractivity contribution in [2.45, 2.75) is 19.4 Å². The number of carbonyl (C=O) groups excluding carboxylic acids is 2. The minimum absolute atomic E-state index is 0.259. The van der Waals surface area contributed by atoms with Crippen molar-refractivity contribution in [1.29, 1.82) is 0 Å². The van der Waals surface area contributed by atoms with Gasteiger partial charge in [-0.15, -0.1) is 0 Å². The maximum Gasteiger partial charge on any atom is 0.344 e. The fourth-order valence-electron chi connectivity index (χ4n) is 3.40. The number of rotatable bonds is 11. The van der Waals surface area contributed by atoms with Gasteiger partial charge in [0.2, 0.25) is 0 Å². The lowest BCUT2D eigenvalue weighted by molar-refractivity contribution is -0.145. The number of nitrogens with zero attached hydrogens (tertiary/aromatic N) is 1. The molecule has 0 aliphatic carbocycles. The summed E-state index contributed by atoms with van der Waals surface area (Å²) in [4.78, 5) is 24.8. The lowest BCUT2D eigenvalue weighted by atomic mass is 9.85. The first-order chi connectivity index (χ1) is 17.4. The number of esters is 1. The maximum absolute atomic E-state index is 13.2. The smallest absolute Gasteiger partial charge is 0.344 e. The van der Waals surface area contributed by atoms with Crippen molar-refractivity contribution in [3.8, 4) is 11.5 Å². The van der Waals surface area contributed by atoms with Gasteiger partial charge in [-0.2, -0.15) is 5.10 Å². The quantitative estimate of drug-likeness (QED) is 0.209. The zero-order valence-corrected chi connectivity index (χ0v) is 21.5. The van der Waals surface area contributed by atoms with Crippen LogP contribution in [0.3, 0.4) is 0 Å². The average Bonchev–Trinajstić information content (AvgIpc) is 2.90. The van der Waals surface area contributed by atoms with Gasteiger partial charge in [-0.05, 0) is 53.0 Å². The van der Waals surface area contributed by atoms with E-state index in [1.165, 1.54) is 6.21 Å². The molecule has 3 rings (SSSR count). The third kappa shape index (κ3) is 6.50. The minimum Gasteiger partial charge on any atom is -0.490 e. The van der Waals surface area contributed by atoms with Crippen LogP contribution in [-0.4, -0.2) is 43.0 Å². The van der Waals surface area contributed by atoms with Crippen LogP contribution in [0.2, 0.25) is 0 Å². The van der Waals surface area contributed by atoms with E-state index in [4.69, 9.17) is 14.2 Å². The highest BCUT2D eigenvalue weighted by atomic mass is 79.9. The van der Waals surface area contributed by atoms with Gasteiger partial charge in [0.25, 0.3) is 5.91 Å². The van der Waals surface area contributed by atoms with Crippen LogP contribution in [-0.2, 0) is 19.9 Å². The standard InChI is InChI=1S/C27H27BrN2O6/c1-3-34-23-15-19(22(28)16-24(23)36-18-25(31)35-4-2)17-29-30-26(32)27(33,20-11-7-5-8-12-20)21-13-9-6-10-14-21/h5-17,33H,3-4,18H2,1-2H3,(H,30,32)/b29-17-. The summed E-state index contributed by atoms with van der Waals surface area (Å²) in [5, 5.41) is 15.6. The van der Waals surface area contributed by atoms with Crippen LogP contribution >= 0.6 is 15.9 Å². The highest BCUT2D eigenvalue weighted by Crippen LogP contribution is 2.33. The molecule has 0 atom stereocenters. The van der Waals surface area contributed by atoms with Gasteiger partial charge >= 0.3 is 5.97 Å². The fraction of sp³-hybridized carbons (Fsp3) is 0.222. The van der Waals surface area contributed by atoms with E-state index in [1.807, 2.05) is 6.92 Å². The van der Waals surface area contributed by atoms with Crippen molar-refractivity contribution in [2.24, 2.45) is 5.10 Å². The molecule has 2 N–H and O–H groups in total. The molecule has 188 valence electrons. The molecule has 3 aromatic rings. The fourth-order valence-corrected chi connectivity index (χ4v) is 3.82. The Kier molecular flexibility index (Phi) is 9.61. The Labute approximate surface area is 218 Å². The van der Waals surface area contributed by atoms with Crippen LogP contribution in [0, 0.1) is 0 Å². The van der Waals surface area contributed by atoms with E-state index in [0.717, 1.165) is 0 Å². The number of aliphatic hydroxyl groups is 1. The van der Waals surface area contributed by atoms with Gasteiger partial charge in [0.05, 0.1) is 19.4 Å². The molecule has 3 aromatic carbocycles. The lowest BCUT2D eigenvalue weighted by Crippen LogP contribution is -2.43. The number of halogens is 1. The Bertz CT molecular complexity index is 1160. The predicted molar refractivity (Wildman–Crippen MR) is 139 cm³/mol. The Morgan fingerprint density at radius 2 is 1.53 bits per heavy atom. The molecule has 0 bridgehead atoms. The molecule has 0 aliphatic rings. The van der Waals surface area contributed by atoms with Crippen molar-refractivity contribution in [1.82, 2.24) is 5.43 Å². The van der Waals surface area contributed by atoms with Gasteiger partial charge in [0.1, 0.15) is 0 Å². The molecule has 0 saturated heterocycles. The third-order valence-electron chi connectivity index (χ3n) is 5.10. The molecule has 0 spiro atoms. The van der Waals surface area contributed by atoms with Gasteiger partial charge in [-0.1, -0.05) is 60.7 Å². The van der Waals surface area contributed by atoms with Crippen molar-refractivity contribution in [3.05, 3.63) is 94.0 Å². The number of hydrogen-bond donors (Lipinski definition) is 2. The van der Waals surface area contributed by atoms with Crippen molar-refractivity contribution >= 4 is 34.0 Å². The number of nitrogens with one attached hydrogen (secondary N) is 1. The molecule has 9 heteroatoms. The van der Waals surface area contributed by atoms with E-state index in [-0.39, 0.29) is 13.2 Å². The van der Waals surface area contributed by atoms with Gasteiger partial charge < -0.3 is 19.3 Å². The molecule has 0 heterocycles. The lowest BCUT2D eigenvalue weighted by Gasteiger charge is -2.27. The van der Waals surface area contributed by atoms with E-state index >= 15 is 0 Å². The summed E-state index contributed by atoms with van der Waals surface area (Å²) in [6.45, 7) is 3.90. The first-order valence-corrected chi connectivity index (χ1v) is 12.1. The summed E-state index contributed by atoms with van der Waals surface area (Å²) < 4.78 is 16.7. The van der Waals surface area contributed by atoms with Gasteiger partial charge in [-0.25, -0.2) is 10.2 Å². The van der Waals surface area contributed by atoms with Gasteiger partial charge in [0, 0.05) is 10.0 Å². The molecule has 0 radical (unpaired) electrons. The molecule has 0 aliphatic heterocycles. The first kappa shape index (κ1) is 26.9. The van der Waals surface area contributed by atoms with Crippen LogP contribution < -0.4 is 14.9 Å². The second-order valence-electron chi connectivity index (χ2n) is 7.49. The van der Waals surface area contributed by atoms with Crippen LogP contribution in [0.4, 0.5) is 0 Å². The highest BCUT2D eigenvalue weighted by molar-refractivity contribution is 9.10. The predicted octanol–water partition coefficient (Wildman–Crippen LogP) is 4.18. The summed E-state index contributed by atoms with van der Waals surface area (Å²) in [7, 11) is 0. The number of benzene rings is 3. The van der Waals surface area contributed by atoms with Gasteiger partial charge in [-0.3, -0.25) is 4.79 Å². The Morgan fingerprint density at radius 3 is 2.08 bits per heavy atom. The average molecular weight is 555 g/mol. The number of hydrazone groups is 1. The summed E-state index contributed by atoms with van der Waals surface area (Å²) in [5.41, 5.74) is 1.89. The summed E-state index contributed by atoms with van der Waals surface area (Å²) in [6, 6.07) is 20.6. The zero-order valence-electron chi connectivity index (χ0n) is 19.9. The van der Waals surface area contributed by atoms with E-state index in [2.05, 4.69) is 26.5 Å². The van der Waals surface area contributed by atoms with Gasteiger partial charge in [0.15, 0.2) is 23.7 Å². The van der Waals surface area contributed by atoms with Crippen LogP contribution in [0.5, 0.6) is 11.5 Å². The second-order valence-corrected chi connectivity index (χ2v) is 8.34. The monoisotopic (exact) mass is 554 g/mol. The van der Waals surface area contributed by atoms with E-state index < -0.39 is 17.5 Å². The number of hydrogen-bond acceptors (Lipinski definition) is 7. The Morgan fingerprint density at radius 1 is 0.944 bits per heavy atom. The highest BCUT2D eigenvalue weighted by Gasteiger charge is 2.39. The Hall–Kier alpha value is -3.69. The molecule has 1 amide bonds. The van der Waals surface area contributed by atoms with E-state index in [1.54, 1.807) is 79.7 Å². The topological polar surface area (TPSA) is 106 Å². The molecule has 0 fully saturated rings. The summed E-state index contributed by atoms with van der Waals surface area (Å²) in [6.07, 6.45) is 1.41. The van der Waals surface area contributed by atoms with E-state index in [9.17, 15) is 14.7 Å². The minimum atomic E-state index is -1.95. The normalized spacial score (nSPS) is 11.2. The molecule has 36 heavy (non-hydrogen) atoms. The SMILES string of the molecule is CCOC(=O)COc1cc(Br)c(/C=N\NC(=O)C(O)(c2ccccc2)c2ccccc2)cc1OCC.